The van der Waals surface area contributed by atoms with Crippen molar-refractivity contribution in [3.8, 4) is 5.75 Å². The first-order valence-electron chi connectivity index (χ1n) is 11.2. The Balaban J connectivity index is 1.29. The van der Waals surface area contributed by atoms with Crippen LogP contribution < -0.4 is 15.4 Å². The van der Waals surface area contributed by atoms with Crippen molar-refractivity contribution in [2.75, 3.05) is 37.4 Å². The molecule has 1 fully saturated rings. The number of hydrogen-bond acceptors (Lipinski definition) is 5. The van der Waals surface area contributed by atoms with Crippen LogP contribution in [0.1, 0.15) is 28.8 Å². The third-order valence-corrected chi connectivity index (χ3v) is 6.24. The lowest BCUT2D eigenvalue weighted by atomic mass is 9.96. The van der Waals surface area contributed by atoms with E-state index < -0.39 is 0 Å². The van der Waals surface area contributed by atoms with Crippen LogP contribution in [0.25, 0.3) is 0 Å². The number of benzene rings is 2. The van der Waals surface area contributed by atoms with Crippen molar-refractivity contribution in [2.24, 2.45) is 5.92 Å². The zero-order chi connectivity index (χ0) is 23.0. The van der Waals surface area contributed by atoms with Gasteiger partial charge in [0, 0.05) is 30.5 Å². The van der Waals surface area contributed by atoms with E-state index in [2.05, 4.69) is 32.7 Å². The van der Waals surface area contributed by atoms with E-state index in [9.17, 15) is 4.79 Å². The second-order valence-electron chi connectivity index (χ2n) is 8.27. The van der Waals surface area contributed by atoms with Gasteiger partial charge >= 0.3 is 0 Å². The number of pyridine rings is 1. The number of rotatable bonds is 8. The van der Waals surface area contributed by atoms with Gasteiger partial charge in [-0.3, -0.25) is 9.69 Å². The Morgan fingerprint density at radius 2 is 1.85 bits per heavy atom. The molecule has 1 amide bonds. The molecule has 2 N–H and O–H groups in total. The zero-order valence-corrected chi connectivity index (χ0v) is 19.5. The van der Waals surface area contributed by atoms with E-state index in [4.69, 9.17) is 16.3 Å². The maximum atomic E-state index is 12.8. The molecule has 3 aromatic rings. The van der Waals surface area contributed by atoms with Gasteiger partial charge in [0.25, 0.3) is 5.91 Å². The number of nitrogens with zero attached hydrogens (tertiary/aromatic N) is 2. The maximum absolute atomic E-state index is 12.8. The van der Waals surface area contributed by atoms with E-state index in [1.807, 2.05) is 36.4 Å². The van der Waals surface area contributed by atoms with Crippen molar-refractivity contribution in [3.63, 3.8) is 0 Å². The molecule has 0 aliphatic carbocycles. The Morgan fingerprint density at radius 3 is 2.61 bits per heavy atom. The molecule has 6 nitrogen and oxygen atoms in total. The summed E-state index contributed by atoms with van der Waals surface area (Å²) in [6.07, 6.45) is 3.75. The summed E-state index contributed by atoms with van der Waals surface area (Å²) in [5.74, 6) is 1.79. The third kappa shape index (κ3) is 6.24. The summed E-state index contributed by atoms with van der Waals surface area (Å²) in [4.78, 5) is 19.4. The fraction of sp³-hybridized carbons (Fsp3) is 0.308. The molecule has 172 valence electrons. The lowest BCUT2D eigenvalue weighted by molar-refractivity contribution is 0.102. The van der Waals surface area contributed by atoms with Crippen LogP contribution >= 0.6 is 11.6 Å². The van der Waals surface area contributed by atoms with Gasteiger partial charge in [-0.2, -0.15) is 0 Å². The average Bonchev–Trinajstić information content (AvgIpc) is 2.85. The predicted molar refractivity (Wildman–Crippen MR) is 133 cm³/mol. The van der Waals surface area contributed by atoms with Gasteiger partial charge in [0.05, 0.1) is 17.7 Å². The van der Waals surface area contributed by atoms with E-state index in [0.29, 0.717) is 22.3 Å². The van der Waals surface area contributed by atoms with Crippen LogP contribution in [0.5, 0.6) is 5.75 Å². The number of ether oxygens (including phenoxy) is 1. The lowest BCUT2D eigenvalue weighted by Gasteiger charge is -2.32. The Hall–Kier alpha value is -3.09. The Bertz CT molecular complexity index is 1070. The molecule has 1 aliphatic rings. The summed E-state index contributed by atoms with van der Waals surface area (Å²) in [5.41, 5.74) is 2.66. The first-order chi connectivity index (χ1) is 16.1. The first kappa shape index (κ1) is 23.1. The summed E-state index contributed by atoms with van der Waals surface area (Å²) in [6, 6.07) is 19.2. The standard InChI is InChI=1S/C26H29ClN4O2/c1-33-24-9-5-2-6-20(24)18-31-14-12-19(13-15-31)16-28-23-8-4-3-7-22(23)26(32)30-25-11-10-21(27)17-29-25/h2-11,17,19,28H,12-16,18H2,1H3,(H,29,30,32). The van der Waals surface area contributed by atoms with Gasteiger partial charge < -0.3 is 15.4 Å². The number of carbonyl (C=O) groups excluding carboxylic acids is 1. The quantitative estimate of drug-likeness (QED) is 0.472. The first-order valence-corrected chi connectivity index (χ1v) is 11.6. The van der Waals surface area contributed by atoms with Crippen molar-refractivity contribution in [2.45, 2.75) is 19.4 Å². The molecule has 0 radical (unpaired) electrons. The van der Waals surface area contributed by atoms with Gasteiger partial charge in [-0.1, -0.05) is 41.9 Å². The van der Waals surface area contributed by atoms with Gasteiger partial charge in [-0.15, -0.1) is 0 Å². The maximum Gasteiger partial charge on any atom is 0.258 e. The minimum absolute atomic E-state index is 0.195. The molecule has 33 heavy (non-hydrogen) atoms. The van der Waals surface area contributed by atoms with E-state index in [1.54, 1.807) is 19.2 Å². The number of para-hydroxylation sites is 2. The molecular formula is C26H29ClN4O2. The minimum Gasteiger partial charge on any atom is -0.496 e. The molecule has 1 aromatic heterocycles. The molecule has 1 saturated heterocycles. The smallest absolute Gasteiger partial charge is 0.258 e. The highest BCUT2D eigenvalue weighted by Gasteiger charge is 2.21. The second-order valence-corrected chi connectivity index (χ2v) is 8.71. The van der Waals surface area contributed by atoms with Crippen molar-refractivity contribution in [3.05, 3.63) is 83.0 Å². The van der Waals surface area contributed by atoms with Crippen LogP contribution in [0.4, 0.5) is 11.5 Å². The molecule has 0 bridgehead atoms. The van der Waals surface area contributed by atoms with E-state index in [1.165, 1.54) is 11.8 Å². The number of carbonyl (C=O) groups is 1. The highest BCUT2D eigenvalue weighted by Crippen LogP contribution is 2.25. The molecule has 0 saturated carbocycles. The predicted octanol–water partition coefficient (Wildman–Crippen LogP) is 5.32. The normalized spacial score (nSPS) is 14.6. The molecule has 4 rings (SSSR count). The van der Waals surface area contributed by atoms with E-state index >= 15 is 0 Å². The summed E-state index contributed by atoms with van der Waals surface area (Å²) in [6.45, 7) is 3.85. The van der Waals surface area contributed by atoms with E-state index in [0.717, 1.165) is 50.5 Å². The molecule has 0 atom stereocenters. The molecule has 2 heterocycles. The van der Waals surface area contributed by atoms with Crippen molar-refractivity contribution in [1.29, 1.82) is 0 Å². The van der Waals surface area contributed by atoms with Crippen LogP contribution in [-0.2, 0) is 6.54 Å². The molecule has 1 aliphatic heterocycles. The number of halogens is 1. The van der Waals surface area contributed by atoms with Crippen LogP contribution in [-0.4, -0.2) is 42.5 Å². The second kappa shape index (κ2) is 11.2. The topological polar surface area (TPSA) is 66.5 Å². The van der Waals surface area contributed by atoms with Crippen LogP contribution in [0, 0.1) is 5.92 Å². The fourth-order valence-corrected chi connectivity index (χ4v) is 4.26. The molecule has 2 aromatic carbocycles. The van der Waals surface area contributed by atoms with Gasteiger partial charge in [0.1, 0.15) is 11.6 Å². The van der Waals surface area contributed by atoms with Crippen molar-refractivity contribution < 1.29 is 9.53 Å². The highest BCUT2D eigenvalue weighted by molar-refractivity contribution is 6.30. The number of anilines is 2. The Morgan fingerprint density at radius 1 is 1.09 bits per heavy atom. The number of methoxy groups -OCH3 is 1. The number of piperidine rings is 1. The fourth-order valence-electron chi connectivity index (χ4n) is 4.15. The Kier molecular flexibility index (Phi) is 7.81. The summed E-state index contributed by atoms with van der Waals surface area (Å²) >= 11 is 5.87. The van der Waals surface area contributed by atoms with Gasteiger partial charge in [0.15, 0.2) is 0 Å². The number of nitrogens with one attached hydrogen (secondary N) is 2. The number of hydrogen-bond donors (Lipinski definition) is 2. The number of aromatic nitrogens is 1. The van der Waals surface area contributed by atoms with Crippen molar-refractivity contribution in [1.82, 2.24) is 9.88 Å². The van der Waals surface area contributed by atoms with Crippen LogP contribution in [0.15, 0.2) is 66.9 Å². The monoisotopic (exact) mass is 464 g/mol. The van der Waals surface area contributed by atoms with Gasteiger partial charge in [0.2, 0.25) is 0 Å². The molecule has 0 unspecified atom stereocenters. The number of amides is 1. The van der Waals surface area contributed by atoms with Crippen LogP contribution in [0.2, 0.25) is 5.02 Å². The summed E-state index contributed by atoms with van der Waals surface area (Å²) < 4.78 is 5.49. The highest BCUT2D eigenvalue weighted by atomic mass is 35.5. The SMILES string of the molecule is COc1ccccc1CN1CCC(CNc2ccccc2C(=O)Nc2ccc(Cl)cn2)CC1. The summed E-state index contributed by atoms with van der Waals surface area (Å²) in [7, 11) is 1.72. The minimum atomic E-state index is -0.195. The molecule has 7 heteroatoms. The van der Waals surface area contributed by atoms with Gasteiger partial charge in [-0.05, 0) is 62.2 Å². The largest absolute Gasteiger partial charge is 0.496 e. The third-order valence-electron chi connectivity index (χ3n) is 6.02. The van der Waals surface area contributed by atoms with E-state index in [-0.39, 0.29) is 5.91 Å². The summed E-state index contributed by atoms with van der Waals surface area (Å²) in [5, 5.41) is 6.87. The van der Waals surface area contributed by atoms with Crippen LogP contribution in [0.3, 0.4) is 0 Å². The Labute approximate surface area is 199 Å². The zero-order valence-electron chi connectivity index (χ0n) is 18.8. The molecular weight excluding hydrogens is 436 g/mol. The van der Waals surface area contributed by atoms with Gasteiger partial charge in [-0.25, -0.2) is 4.98 Å². The average molecular weight is 465 g/mol. The number of likely N-dealkylation sites (tertiary alicyclic amines) is 1. The molecule has 0 spiro atoms. The lowest BCUT2D eigenvalue weighted by Crippen LogP contribution is -2.35. The van der Waals surface area contributed by atoms with Crippen molar-refractivity contribution >= 4 is 29.0 Å².